The first-order valence-corrected chi connectivity index (χ1v) is 8.03. The molecule has 0 radical (unpaired) electrons. The number of nitrogens with one attached hydrogen (secondary N) is 1. The predicted molar refractivity (Wildman–Crippen MR) is 91.7 cm³/mol. The highest BCUT2D eigenvalue weighted by atomic mass is 35.5. The number of halogens is 1. The van der Waals surface area contributed by atoms with Crippen molar-refractivity contribution in [2.24, 2.45) is 17.6 Å². The van der Waals surface area contributed by atoms with Gasteiger partial charge < -0.3 is 16.0 Å². The van der Waals surface area contributed by atoms with Gasteiger partial charge in [-0.25, -0.2) is 0 Å². The van der Waals surface area contributed by atoms with Crippen molar-refractivity contribution in [1.29, 1.82) is 0 Å². The Kier molecular flexibility index (Phi) is 8.83. The van der Waals surface area contributed by atoms with Crippen LogP contribution in [0.3, 0.4) is 0 Å². The normalized spacial score (nSPS) is 28.6. The molecule has 21 heavy (non-hydrogen) atoms. The Bertz CT molecular complexity index is 325. The van der Waals surface area contributed by atoms with Gasteiger partial charge in [0, 0.05) is 12.1 Å². The summed E-state index contributed by atoms with van der Waals surface area (Å²) in [4.78, 5) is 14.5. The number of hydrogen-bond donors (Lipinski definition) is 2. The van der Waals surface area contributed by atoms with E-state index in [1.165, 1.54) is 12.8 Å². The van der Waals surface area contributed by atoms with Crippen molar-refractivity contribution in [1.82, 2.24) is 10.2 Å². The second kappa shape index (κ2) is 8.96. The van der Waals surface area contributed by atoms with Crippen LogP contribution in [0.4, 0.5) is 0 Å². The minimum absolute atomic E-state index is 0. The molecule has 1 saturated carbocycles. The van der Waals surface area contributed by atoms with E-state index in [1.54, 1.807) is 0 Å². The molecule has 0 heterocycles. The molecule has 126 valence electrons. The molecule has 0 aliphatic heterocycles. The first kappa shape index (κ1) is 20.7. The van der Waals surface area contributed by atoms with E-state index in [2.05, 4.69) is 38.2 Å². The molecule has 0 aromatic rings. The smallest absolute Gasteiger partial charge is 0.237 e. The highest BCUT2D eigenvalue weighted by molar-refractivity contribution is 5.85. The topological polar surface area (TPSA) is 58.4 Å². The molecular formula is C16H34ClN3O. The molecule has 0 spiro atoms. The Balaban J connectivity index is 0.00000400. The van der Waals surface area contributed by atoms with Crippen molar-refractivity contribution >= 4 is 18.3 Å². The van der Waals surface area contributed by atoms with E-state index >= 15 is 0 Å². The summed E-state index contributed by atoms with van der Waals surface area (Å²) >= 11 is 0. The highest BCUT2D eigenvalue weighted by Crippen LogP contribution is 2.35. The van der Waals surface area contributed by atoms with Crippen LogP contribution in [0.15, 0.2) is 0 Å². The molecular weight excluding hydrogens is 286 g/mol. The van der Waals surface area contributed by atoms with Gasteiger partial charge in [-0.1, -0.05) is 40.0 Å². The molecule has 0 aromatic heterocycles. The Labute approximate surface area is 136 Å². The molecule has 1 rings (SSSR count). The van der Waals surface area contributed by atoms with Crippen LogP contribution >= 0.6 is 12.4 Å². The molecule has 1 fully saturated rings. The van der Waals surface area contributed by atoms with Gasteiger partial charge in [-0.15, -0.1) is 12.4 Å². The summed E-state index contributed by atoms with van der Waals surface area (Å²) in [5.41, 5.74) is 6.11. The lowest BCUT2D eigenvalue weighted by Gasteiger charge is -2.45. The summed E-state index contributed by atoms with van der Waals surface area (Å²) in [7, 11) is 4.25. The second-order valence-corrected chi connectivity index (χ2v) is 6.95. The van der Waals surface area contributed by atoms with Gasteiger partial charge in [-0.05, 0) is 38.8 Å². The molecule has 4 unspecified atom stereocenters. The quantitative estimate of drug-likeness (QED) is 0.790. The van der Waals surface area contributed by atoms with Crippen molar-refractivity contribution in [2.75, 3.05) is 20.6 Å². The fourth-order valence-corrected chi connectivity index (χ4v) is 3.24. The molecule has 0 bridgehead atoms. The van der Waals surface area contributed by atoms with Gasteiger partial charge in [0.25, 0.3) is 0 Å². The molecule has 4 atom stereocenters. The predicted octanol–water partition coefficient (Wildman–Crippen LogP) is 2.41. The number of likely N-dealkylation sites (N-methyl/N-ethyl adjacent to an activating group) is 1. The number of nitrogens with two attached hydrogens (primary N) is 1. The average Bonchev–Trinajstić information content (AvgIpc) is 2.42. The average molecular weight is 320 g/mol. The van der Waals surface area contributed by atoms with Crippen LogP contribution < -0.4 is 11.1 Å². The van der Waals surface area contributed by atoms with Crippen LogP contribution in [0.5, 0.6) is 0 Å². The third-order valence-corrected chi connectivity index (χ3v) is 5.17. The summed E-state index contributed by atoms with van der Waals surface area (Å²) in [5, 5.41) is 3.10. The monoisotopic (exact) mass is 319 g/mol. The molecule has 0 saturated heterocycles. The Hall–Kier alpha value is -0.320. The third-order valence-electron chi connectivity index (χ3n) is 5.17. The summed E-state index contributed by atoms with van der Waals surface area (Å²) in [6.07, 6.45) is 5.79. The van der Waals surface area contributed by atoms with E-state index in [9.17, 15) is 4.79 Å². The van der Waals surface area contributed by atoms with E-state index in [0.717, 1.165) is 25.2 Å². The highest BCUT2D eigenvalue weighted by Gasteiger charge is 2.37. The Morgan fingerprint density at radius 1 is 1.48 bits per heavy atom. The lowest BCUT2D eigenvalue weighted by atomic mass is 9.75. The van der Waals surface area contributed by atoms with Gasteiger partial charge in [0.2, 0.25) is 5.91 Å². The van der Waals surface area contributed by atoms with E-state index < -0.39 is 0 Å². The maximum absolute atomic E-state index is 12.2. The molecule has 1 aliphatic carbocycles. The Morgan fingerprint density at radius 2 is 2.10 bits per heavy atom. The molecule has 0 aromatic carbocycles. The maximum atomic E-state index is 12.2. The number of hydrogen-bond acceptors (Lipinski definition) is 3. The van der Waals surface area contributed by atoms with Crippen molar-refractivity contribution < 1.29 is 4.79 Å². The lowest BCUT2D eigenvalue weighted by Crippen LogP contribution is -2.57. The zero-order chi connectivity index (χ0) is 15.3. The second-order valence-electron chi connectivity index (χ2n) is 6.95. The van der Waals surface area contributed by atoms with Gasteiger partial charge in [-0.3, -0.25) is 4.79 Å². The fraction of sp³-hybridized carbons (Fsp3) is 0.938. The molecule has 1 amide bonds. The van der Waals surface area contributed by atoms with E-state index in [1.807, 2.05) is 6.92 Å². The summed E-state index contributed by atoms with van der Waals surface area (Å²) in [5.74, 6) is 0.959. The molecule has 4 nitrogen and oxygen atoms in total. The number of carbonyl (C=O) groups is 1. The number of rotatable bonds is 6. The molecule has 3 N–H and O–H groups in total. The minimum atomic E-state index is -0.389. The van der Waals surface area contributed by atoms with Gasteiger partial charge in [0.1, 0.15) is 0 Å². The minimum Gasteiger partial charge on any atom is -0.353 e. The van der Waals surface area contributed by atoms with Crippen LogP contribution in [0.25, 0.3) is 0 Å². The number of nitrogens with zero attached hydrogens (tertiary/aromatic N) is 1. The van der Waals surface area contributed by atoms with Crippen LogP contribution in [-0.2, 0) is 4.79 Å². The van der Waals surface area contributed by atoms with Crippen molar-refractivity contribution in [3.05, 3.63) is 0 Å². The SMILES string of the molecule is CCC(C)C(N)C(=O)NCC1(N(C)C)CCCC(C)C1.Cl. The van der Waals surface area contributed by atoms with E-state index in [-0.39, 0.29) is 35.8 Å². The van der Waals surface area contributed by atoms with Crippen LogP contribution in [0.1, 0.15) is 52.9 Å². The van der Waals surface area contributed by atoms with Gasteiger partial charge in [0.05, 0.1) is 6.04 Å². The van der Waals surface area contributed by atoms with Crippen molar-refractivity contribution in [3.63, 3.8) is 0 Å². The third kappa shape index (κ3) is 5.42. The maximum Gasteiger partial charge on any atom is 0.237 e. The zero-order valence-corrected chi connectivity index (χ0v) is 15.1. The number of amides is 1. The Morgan fingerprint density at radius 3 is 2.57 bits per heavy atom. The number of carbonyl (C=O) groups excluding carboxylic acids is 1. The standard InChI is InChI=1S/C16H33N3O.ClH/c1-6-13(3)14(17)15(20)18-11-16(19(4)5)9-7-8-12(2)10-16;/h12-14H,6-11,17H2,1-5H3,(H,18,20);1H. The fourth-order valence-electron chi connectivity index (χ4n) is 3.24. The molecule has 1 aliphatic rings. The summed E-state index contributed by atoms with van der Waals surface area (Å²) in [6, 6.07) is -0.389. The van der Waals surface area contributed by atoms with Crippen molar-refractivity contribution in [2.45, 2.75) is 64.5 Å². The van der Waals surface area contributed by atoms with Gasteiger partial charge in [0.15, 0.2) is 0 Å². The largest absolute Gasteiger partial charge is 0.353 e. The van der Waals surface area contributed by atoms with Crippen LogP contribution in [-0.4, -0.2) is 43.0 Å². The van der Waals surface area contributed by atoms with E-state index in [4.69, 9.17) is 5.73 Å². The van der Waals surface area contributed by atoms with Gasteiger partial charge >= 0.3 is 0 Å². The molecule has 5 heteroatoms. The van der Waals surface area contributed by atoms with E-state index in [0.29, 0.717) is 6.54 Å². The van der Waals surface area contributed by atoms with Crippen LogP contribution in [0, 0.1) is 11.8 Å². The summed E-state index contributed by atoms with van der Waals surface area (Å²) in [6.45, 7) is 7.13. The summed E-state index contributed by atoms with van der Waals surface area (Å²) < 4.78 is 0. The first-order valence-electron chi connectivity index (χ1n) is 8.03. The van der Waals surface area contributed by atoms with Crippen LogP contribution in [0.2, 0.25) is 0 Å². The van der Waals surface area contributed by atoms with Crippen molar-refractivity contribution in [3.8, 4) is 0 Å². The zero-order valence-electron chi connectivity index (χ0n) is 14.3. The lowest BCUT2D eigenvalue weighted by molar-refractivity contribution is -0.124. The van der Waals surface area contributed by atoms with Gasteiger partial charge in [-0.2, -0.15) is 0 Å². The first-order chi connectivity index (χ1) is 9.32.